The molecule has 3 N–H and O–H groups in total. The number of benzene rings is 1. The molecular formula is C13H14ClN3O3. The molecule has 1 atom stereocenters. The van der Waals surface area contributed by atoms with Crippen LogP contribution < -0.4 is 15.5 Å². The molecule has 0 fully saturated rings. The molecule has 7 heteroatoms. The van der Waals surface area contributed by atoms with Crippen molar-refractivity contribution in [2.24, 2.45) is 0 Å². The van der Waals surface area contributed by atoms with Gasteiger partial charge in [-0.05, 0) is 12.1 Å². The zero-order valence-corrected chi connectivity index (χ0v) is 11.4. The molecule has 20 heavy (non-hydrogen) atoms. The van der Waals surface area contributed by atoms with Crippen LogP contribution in [0.15, 0.2) is 30.9 Å². The van der Waals surface area contributed by atoms with Gasteiger partial charge in [0.25, 0.3) is 5.91 Å². The molecule has 1 aliphatic rings. The third kappa shape index (κ3) is 2.70. The highest BCUT2D eigenvalue weighted by atomic mass is 35.5. The van der Waals surface area contributed by atoms with Crippen LogP contribution >= 0.6 is 11.6 Å². The second-order valence-electron chi connectivity index (χ2n) is 4.25. The highest BCUT2D eigenvalue weighted by molar-refractivity contribution is 6.34. The van der Waals surface area contributed by atoms with Crippen molar-refractivity contribution in [3.8, 4) is 0 Å². The molecule has 0 saturated carbocycles. The molecule has 0 radical (unpaired) electrons. The number of amides is 2. The van der Waals surface area contributed by atoms with E-state index in [1.165, 1.54) is 0 Å². The summed E-state index contributed by atoms with van der Waals surface area (Å²) in [6, 6.07) is 5.16. The normalized spacial score (nSPS) is 17.1. The van der Waals surface area contributed by atoms with Gasteiger partial charge in [0.2, 0.25) is 0 Å². The van der Waals surface area contributed by atoms with Crippen LogP contribution in [0, 0.1) is 0 Å². The maximum atomic E-state index is 12.1. The predicted molar refractivity (Wildman–Crippen MR) is 76.3 cm³/mol. The molecule has 1 unspecified atom stereocenters. The first-order valence-electron chi connectivity index (χ1n) is 5.98. The number of anilines is 1. The van der Waals surface area contributed by atoms with E-state index >= 15 is 0 Å². The molecule has 1 aromatic carbocycles. The van der Waals surface area contributed by atoms with Gasteiger partial charge in [0.1, 0.15) is 6.17 Å². The van der Waals surface area contributed by atoms with E-state index in [0.717, 1.165) is 0 Å². The number of carbonyl (C=O) groups is 2. The minimum atomic E-state index is -1.14. The first-order valence-corrected chi connectivity index (χ1v) is 6.36. The largest absolute Gasteiger partial charge is 0.465 e. The van der Waals surface area contributed by atoms with Gasteiger partial charge >= 0.3 is 6.09 Å². The first kappa shape index (κ1) is 14.2. The summed E-state index contributed by atoms with van der Waals surface area (Å²) in [7, 11) is 0. The van der Waals surface area contributed by atoms with Crippen molar-refractivity contribution < 1.29 is 14.7 Å². The van der Waals surface area contributed by atoms with Crippen LogP contribution in [0.2, 0.25) is 5.02 Å². The standard InChI is InChI=1S/C13H14ClN3O3/c1-2-6-17-9-5-3-4-8(14)11(9)12(18)16-10(17)7-15-13(19)20/h2-5,10,15H,1,6-7H2,(H,16,18)(H,19,20). The summed E-state index contributed by atoms with van der Waals surface area (Å²) in [6.45, 7) is 4.20. The maximum absolute atomic E-state index is 12.1. The lowest BCUT2D eigenvalue weighted by Crippen LogP contribution is -2.57. The Balaban J connectivity index is 2.36. The van der Waals surface area contributed by atoms with Crippen molar-refractivity contribution in [1.82, 2.24) is 10.6 Å². The molecule has 6 nitrogen and oxygen atoms in total. The highest BCUT2D eigenvalue weighted by Crippen LogP contribution is 2.31. The minimum absolute atomic E-state index is 0.0703. The van der Waals surface area contributed by atoms with Crippen molar-refractivity contribution in [3.63, 3.8) is 0 Å². The Hall–Kier alpha value is -2.21. The number of hydrogen-bond acceptors (Lipinski definition) is 3. The molecule has 1 aromatic rings. The summed E-state index contributed by atoms with van der Waals surface area (Å²) >= 11 is 6.05. The van der Waals surface area contributed by atoms with E-state index in [2.05, 4.69) is 17.2 Å². The number of fused-ring (bicyclic) bond motifs is 1. The van der Waals surface area contributed by atoms with Gasteiger partial charge in [0.15, 0.2) is 0 Å². The van der Waals surface area contributed by atoms with Gasteiger partial charge in [0, 0.05) is 6.54 Å². The first-order chi connectivity index (χ1) is 9.54. The summed E-state index contributed by atoms with van der Waals surface area (Å²) in [4.78, 5) is 24.5. The zero-order valence-electron chi connectivity index (χ0n) is 10.6. The number of rotatable bonds is 4. The third-order valence-corrected chi connectivity index (χ3v) is 3.29. The molecule has 1 aliphatic heterocycles. The summed E-state index contributed by atoms with van der Waals surface area (Å²) in [5.74, 6) is -0.317. The minimum Gasteiger partial charge on any atom is -0.465 e. The average Bonchev–Trinajstić information content (AvgIpc) is 2.39. The van der Waals surface area contributed by atoms with Crippen LogP contribution in [0.3, 0.4) is 0 Å². The Morgan fingerprint density at radius 3 is 3.00 bits per heavy atom. The summed E-state index contributed by atoms with van der Waals surface area (Å²) < 4.78 is 0. The van der Waals surface area contributed by atoms with E-state index in [4.69, 9.17) is 16.7 Å². The second-order valence-corrected chi connectivity index (χ2v) is 4.66. The lowest BCUT2D eigenvalue weighted by molar-refractivity contribution is 0.0926. The van der Waals surface area contributed by atoms with E-state index in [1.807, 2.05) is 4.90 Å². The van der Waals surface area contributed by atoms with Crippen molar-refractivity contribution in [3.05, 3.63) is 41.4 Å². The van der Waals surface area contributed by atoms with Gasteiger partial charge in [-0.3, -0.25) is 4.79 Å². The number of hydrogen-bond donors (Lipinski definition) is 3. The van der Waals surface area contributed by atoms with Crippen molar-refractivity contribution in [2.75, 3.05) is 18.0 Å². The maximum Gasteiger partial charge on any atom is 0.404 e. The van der Waals surface area contributed by atoms with E-state index in [-0.39, 0.29) is 12.5 Å². The molecular weight excluding hydrogens is 282 g/mol. The Morgan fingerprint density at radius 1 is 1.60 bits per heavy atom. The van der Waals surface area contributed by atoms with Gasteiger partial charge in [-0.2, -0.15) is 0 Å². The quantitative estimate of drug-likeness (QED) is 0.738. The predicted octanol–water partition coefficient (Wildman–Crippen LogP) is 1.67. The highest BCUT2D eigenvalue weighted by Gasteiger charge is 2.31. The van der Waals surface area contributed by atoms with Crippen LogP contribution in [0.25, 0.3) is 0 Å². The molecule has 0 aromatic heterocycles. The molecule has 2 rings (SSSR count). The smallest absolute Gasteiger partial charge is 0.404 e. The Morgan fingerprint density at radius 2 is 2.35 bits per heavy atom. The molecule has 0 aliphatic carbocycles. The number of carbonyl (C=O) groups excluding carboxylic acids is 1. The van der Waals surface area contributed by atoms with E-state index < -0.39 is 12.3 Å². The molecule has 0 spiro atoms. The van der Waals surface area contributed by atoms with Gasteiger partial charge in [-0.25, -0.2) is 4.79 Å². The second kappa shape index (κ2) is 5.83. The fraction of sp³-hybridized carbons (Fsp3) is 0.231. The average molecular weight is 296 g/mol. The SMILES string of the molecule is C=CCN1c2cccc(Cl)c2C(=O)NC1CNC(=O)O. The van der Waals surface area contributed by atoms with Crippen molar-refractivity contribution >= 4 is 29.3 Å². The molecule has 2 amide bonds. The zero-order chi connectivity index (χ0) is 14.7. The van der Waals surface area contributed by atoms with E-state index in [1.54, 1.807) is 24.3 Å². The number of nitrogens with zero attached hydrogens (tertiary/aromatic N) is 1. The molecule has 0 saturated heterocycles. The number of carboxylic acid groups (broad SMARTS) is 1. The Bertz CT molecular complexity index is 562. The monoisotopic (exact) mass is 295 g/mol. The summed E-state index contributed by atoms with van der Waals surface area (Å²) in [6.07, 6.45) is 0.0490. The van der Waals surface area contributed by atoms with Crippen LogP contribution in [-0.2, 0) is 0 Å². The van der Waals surface area contributed by atoms with Crippen molar-refractivity contribution in [1.29, 1.82) is 0 Å². The fourth-order valence-electron chi connectivity index (χ4n) is 2.16. The molecule has 106 valence electrons. The number of nitrogens with one attached hydrogen (secondary N) is 2. The van der Waals surface area contributed by atoms with Crippen LogP contribution in [-0.4, -0.2) is 36.4 Å². The van der Waals surface area contributed by atoms with Gasteiger partial charge < -0.3 is 20.6 Å². The molecule has 1 heterocycles. The van der Waals surface area contributed by atoms with E-state index in [0.29, 0.717) is 22.8 Å². The van der Waals surface area contributed by atoms with Gasteiger partial charge in [-0.1, -0.05) is 23.7 Å². The fourth-order valence-corrected chi connectivity index (χ4v) is 2.41. The van der Waals surface area contributed by atoms with Gasteiger partial charge in [0.05, 0.1) is 22.8 Å². The van der Waals surface area contributed by atoms with Crippen molar-refractivity contribution in [2.45, 2.75) is 6.17 Å². The van der Waals surface area contributed by atoms with Crippen LogP contribution in [0.1, 0.15) is 10.4 Å². The molecule has 0 bridgehead atoms. The van der Waals surface area contributed by atoms with Gasteiger partial charge in [-0.15, -0.1) is 6.58 Å². The van der Waals surface area contributed by atoms with Crippen LogP contribution in [0.4, 0.5) is 10.5 Å². The number of halogens is 1. The third-order valence-electron chi connectivity index (χ3n) is 2.97. The Kier molecular flexibility index (Phi) is 4.14. The van der Waals surface area contributed by atoms with E-state index in [9.17, 15) is 9.59 Å². The summed E-state index contributed by atoms with van der Waals surface area (Å²) in [5, 5.41) is 14.0. The Labute approximate surface area is 121 Å². The summed E-state index contributed by atoms with van der Waals surface area (Å²) in [5.41, 5.74) is 1.06. The lowest BCUT2D eigenvalue weighted by atomic mass is 10.1. The topological polar surface area (TPSA) is 81.7 Å². The lowest BCUT2D eigenvalue weighted by Gasteiger charge is -2.38. The van der Waals surface area contributed by atoms with Crippen LogP contribution in [0.5, 0.6) is 0 Å².